The number of anilines is 2. The van der Waals surface area contributed by atoms with E-state index in [0.29, 0.717) is 20.5 Å². The van der Waals surface area contributed by atoms with Crippen LogP contribution in [0.5, 0.6) is 0 Å². The van der Waals surface area contributed by atoms with Crippen LogP contribution in [0.15, 0.2) is 94.7 Å². The summed E-state index contributed by atoms with van der Waals surface area (Å²) in [5, 5.41) is 3.17. The number of halogens is 1. The summed E-state index contributed by atoms with van der Waals surface area (Å²) in [6.45, 7) is 0.104. The van der Waals surface area contributed by atoms with E-state index < -0.39 is 28.6 Å². The summed E-state index contributed by atoms with van der Waals surface area (Å²) in [6, 6.07) is 22.2. The minimum atomic E-state index is -1.71. The largest absolute Gasteiger partial charge is 0.465 e. The fraction of sp³-hybridized carbons (Fsp3) is 0.0968. The van der Waals surface area contributed by atoms with Gasteiger partial charge >= 0.3 is 11.9 Å². The van der Waals surface area contributed by atoms with Crippen molar-refractivity contribution in [1.82, 2.24) is 0 Å². The number of hydrogen-bond donors (Lipinski definition) is 1. The van der Waals surface area contributed by atoms with Crippen molar-refractivity contribution in [3.63, 3.8) is 0 Å². The highest BCUT2D eigenvalue weighted by molar-refractivity contribution is 7.85. The van der Waals surface area contributed by atoms with Gasteiger partial charge in [0.25, 0.3) is 11.8 Å². The van der Waals surface area contributed by atoms with Gasteiger partial charge < -0.3 is 19.7 Å². The highest BCUT2D eigenvalue weighted by Gasteiger charge is 2.31. The second-order valence-corrected chi connectivity index (χ2v) is 11.1. The minimum absolute atomic E-state index is 0.0316. The third-order valence-corrected chi connectivity index (χ3v) is 8.27. The van der Waals surface area contributed by atoms with E-state index in [2.05, 4.69) is 5.32 Å². The van der Waals surface area contributed by atoms with Crippen LogP contribution in [0.1, 0.15) is 47.0 Å². The predicted octanol–water partition coefficient (Wildman–Crippen LogP) is 5.49. The van der Waals surface area contributed by atoms with Crippen molar-refractivity contribution in [2.75, 3.05) is 24.4 Å². The number of benzene rings is 4. The van der Waals surface area contributed by atoms with Gasteiger partial charge in [-0.3, -0.25) is 9.59 Å². The van der Waals surface area contributed by atoms with Crippen LogP contribution in [0.2, 0.25) is 5.02 Å². The van der Waals surface area contributed by atoms with Gasteiger partial charge in [0, 0.05) is 16.3 Å². The topological polar surface area (TPSA) is 119 Å². The molecule has 1 N–H and O–H groups in total. The molecule has 0 saturated carbocycles. The fourth-order valence-corrected chi connectivity index (χ4v) is 6.11. The first kappa shape index (κ1) is 28.7. The number of esters is 2. The van der Waals surface area contributed by atoms with Crippen LogP contribution in [-0.2, 0) is 26.8 Å². The van der Waals surface area contributed by atoms with Crippen LogP contribution in [0.3, 0.4) is 0 Å². The number of carbonyl (C=O) groups is 4. The van der Waals surface area contributed by atoms with Crippen molar-refractivity contribution in [3.8, 4) is 0 Å². The highest BCUT2D eigenvalue weighted by atomic mass is 35.5. The summed E-state index contributed by atoms with van der Waals surface area (Å²) in [7, 11) is 0.676. The lowest BCUT2D eigenvalue weighted by atomic mass is 10.1. The smallest absolute Gasteiger partial charge is 0.337 e. The molecule has 4 aromatic rings. The Balaban J connectivity index is 1.56. The maximum Gasteiger partial charge on any atom is 0.337 e. The maximum atomic E-state index is 13.8. The molecule has 1 atom stereocenters. The highest BCUT2D eigenvalue weighted by Crippen LogP contribution is 2.36. The molecule has 0 aromatic heterocycles. The Morgan fingerprint density at radius 2 is 1.50 bits per heavy atom. The second kappa shape index (κ2) is 12.0. The molecule has 0 bridgehead atoms. The average molecular weight is 603 g/mol. The summed E-state index contributed by atoms with van der Waals surface area (Å²) >= 11 is 6.20. The van der Waals surface area contributed by atoms with Gasteiger partial charge in [-0.2, -0.15) is 0 Å². The molecule has 9 nitrogen and oxygen atoms in total. The van der Waals surface area contributed by atoms with Crippen molar-refractivity contribution >= 4 is 57.5 Å². The first-order valence-electron chi connectivity index (χ1n) is 12.5. The first-order valence-corrected chi connectivity index (χ1v) is 14.1. The number of carbonyl (C=O) groups excluding carboxylic acids is 4. The number of ether oxygens (including phenoxy) is 2. The van der Waals surface area contributed by atoms with Gasteiger partial charge in [0.1, 0.15) is 0 Å². The lowest BCUT2D eigenvalue weighted by Crippen LogP contribution is -2.30. The fourth-order valence-electron chi connectivity index (χ4n) is 4.55. The Morgan fingerprint density at radius 1 is 0.810 bits per heavy atom. The van der Waals surface area contributed by atoms with Crippen molar-refractivity contribution in [3.05, 3.63) is 118 Å². The van der Waals surface area contributed by atoms with Crippen LogP contribution in [0, 0.1) is 0 Å². The Morgan fingerprint density at radius 3 is 2.17 bits per heavy atom. The average Bonchev–Trinajstić information content (AvgIpc) is 3.09. The molecule has 42 heavy (non-hydrogen) atoms. The van der Waals surface area contributed by atoms with E-state index in [0.717, 1.165) is 5.56 Å². The van der Waals surface area contributed by atoms with Crippen molar-refractivity contribution in [1.29, 1.82) is 0 Å². The molecule has 11 heteroatoms. The lowest BCUT2D eigenvalue weighted by molar-refractivity contribution is 0.0598. The molecule has 0 radical (unpaired) electrons. The molecule has 1 aliphatic rings. The standard InChI is InChI=1S/C31H23ClN2O7S/c1-40-30(37)20-13-21(31(38)41-2)15-23(14-20)33-28(35)19-10-11-27-25(16-19)34(17-18-6-5-7-22(32)12-18)29(36)24-8-3-4-9-26(24)42(27)39/h3-16H,17H2,1-2H3,(H,33,35)/t42-/m0/s1. The molecule has 5 rings (SSSR count). The number of methoxy groups -OCH3 is 2. The maximum absolute atomic E-state index is 13.8. The van der Waals surface area contributed by atoms with Crippen molar-refractivity contribution in [2.45, 2.75) is 16.3 Å². The molecule has 1 aliphatic heterocycles. The van der Waals surface area contributed by atoms with Crippen LogP contribution in [0.4, 0.5) is 11.4 Å². The van der Waals surface area contributed by atoms with E-state index in [1.54, 1.807) is 48.5 Å². The zero-order valence-corrected chi connectivity index (χ0v) is 24.0. The Labute approximate surface area is 248 Å². The van der Waals surface area contributed by atoms with Gasteiger partial charge in [-0.15, -0.1) is 0 Å². The van der Waals surface area contributed by atoms with E-state index in [4.69, 9.17) is 21.1 Å². The molecule has 0 saturated heterocycles. The van der Waals surface area contributed by atoms with Gasteiger partial charge in [-0.25, -0.2) is 13.8 Å². The number of amides is 2. The molecule has 212 valence electrons. The van der Waals surface area contributed by atoms with Crippen LogP contribution >= 0.6 is 11.6 Å². The number of hydrogen-bond acceptors (Lipinski definition) is 7. The Kier molecular flexibility index (Phi) is 8.19. The summed E-state index contributed by atoms with van der Waals surface area (Å²) in [6.07, 6.45) is 0. The summed E-state index contributed by atoms with van der Waals surface area (Å²) in [5.41, 5.74) is 1.66. The van der Waals surface area contributed by atoms with E-state index in [9.17, 15) is 23.4 Å². The first-order chi connectivity index (χ1) is 20.2. The Hall–Kier alpha value is -4.80. The third-order valence-electron chi connectivity index (χ3n) is 6.54. The molecule has 2 amide bonds. The molecule has 0 aliphatic carbocycles. The molecule has 1 heterocycles. The van der Waals surface area contributed by atoms with Crippen molar-refractivity contribution < 1.29 is 32.9 Å². The summed E-state index contributed by atoms with van der Waals surface area (Å²) < 4.78 is 23.2. The molecular formula is C31H23ClN2O7S. The van der Waals surface area contributed by atoms with Gasteiger partial charge in [-0.05, 0) is 66.2 Å². The van der Waals surface area contributed by atoms with E-state index in [1.165, 1.54) is 49.5 Å². The van der Waals surface area contributed by atoms with Crippen LogP contribution < -0.4 is 10.2 Å². The quantitative estimate of drug-likeness (QED) is 0.290. The van der Waals surface area contributed by atoms with E-state index in [1.807, 2.05) is 6.07 Å². The molecule has 0 fully saturated rings. The zero-order valence-electron chi connectivity index (χ0n) is 22.4. The lowest BCUT2D eigenvalue weighted by Gasteiger charge is -2.24. The van der Waals surface area contributed by atoms with Gasteiger partial charge in [-0.1, -0.05) is 35.9 Å². The van der Waals surface area contributed by atoms with E-state index >= 15 is 0 Å². The van der Waals surface area contributed by atoms with E-state index in [-0.39, 0.29) is 40.4 Å². The number of nitrogens with zero attached hydrogens (tertiary/aromatic N) is 1. The zero-order chi connectivity index (χ0) is 30.0. The second-order valence-electron chi connectivity index (χ2n) is 9.20. The normalized spacial score (nSPS) is 13.8. The predicted molar refractivity (Wildman–Crippen MR) is 157 cm³/mol. The molecule has 4 aromatic carbocycles. The Bertz CT molecular complexity index is 1750. The molecule has 0 spiro atoms. The summed E-state index contributed by atoms with van der Waals surface area (Å²) in [5.74, 6) is -2.40. The molecule has 0 unspecified atom stereocenters. The van der Waals surface area contributed by atoms with Crippen LogP contribution in [-0.4, -0.2) is 42.2 Å². The van der Waals surface area contributed by atoms with Crippen LogP contribution in [0.25, 0.3) is 0 Å². The van der Waals surface area contributed by atoms with Crippen molar-refractivity contribution in [2.24, 2.45) is 0 Å². The van der Waals surface area contributed by atoms with Gasteiger partial charge in [0.05, 0.1) is 63.7 Å². The number of fused-ring (bicyclic) bond motifs is 2. The SMILES string of the molecule is COC(=O)c1cc(NC(=O)c2ccc3c(c2)N(Cc2cccc(Cl)c2)C(=O)c2ccccc2[S@@]3=O)cc(C(=O)OC)c1. The molecular weight excluding hydrogens is 580 g/mol. The monoisotopic (exact) mass is 602 g/mol. The summed E-state index contributed by atoms with van der Waals surface area (Å²) in [4.78, 5) is 53.8. The minimum Gasteiger partial charge on any atom is -0.465 e. The van der Waals surface area contributed by atoms with Gasteiger partial charge in [0.15, 0.2) is 0 Å². The third kappa shape index (κ3) is 5.67. The number of rotatable bonds is 6. The number of nitrogens with one attached hydrogen (secondary N) is 1. The van der Waals surface area contributed by atoms with Gasteiger partial charge in [0.2, 0.25) is 0 Å².